The van der Waals surface area contributed by atoms with Gasteiger partial charge in [-0.05, 0) is 41.3 Å². The third-order valence-corrected chi connectivity index (χ3v) is 6.73. The summed E-state index contributed by atoms with van der Waals surface area (Å²) >= 11 is 0. The maximum atomic E-state index is 13.3. The van der Waals surface area contributed by atoms with E-state index < -0.39 is 10.0 Å². The van der Waals surface area contributed by atoms with Gasteiger partial charge in [-0.1, -0.05) is 45.0 Å². The average Bonchev–Trinajstić information content (AvgIpc) is 2.82. The van der Waals surface area contributed by atoms with Gasteiger partial charge in [-0.15, -0.1) is 0 Å². The van der Waals surface area contributed by atoms with Crippen molar-refractivity contribution in [1.29, 1.82) is 0 Å². The number of fused-ring (bicyclic) bond motifs is 1. The van der Waals surface area contributed by atoms with Crippen LogP contribution in [0.4, 0.5) is 5.95 Å². The summed E-state index contributed by atoms with van der Waals surface area (Å²) in [6, 6.07) is 15.5. The van der Waals surface area contributed by atoms with Crippen LogP contribution in [0, 0.1) is 5.41 Å². The summed E-state index contributed by atoms with van der Waals surface area (Å²) in [6.45, 7) is 6.03. The zero-order valence-corrected chi connectivity index (χ0v) is 20.8. The molecule has 0 amide bonds. The van der Waals surface area contributed by atoms with Crippen molar-refractivity contribution < 1.29 is 13.2 Å². The molecule has 0 bridgehead atoms. The van der Waals surface area contributed by atoms with Gasteiger partial charge in [-0.25, -0.2) is 27.7 Å². The Balaban J connectivity index is 1.84. The molecule has 0 aliphatic heterocycles. The lowest BCUT2D eigenvalue weighted by Gasteiger charge is -2.19. The molecule has 0 saturated heterocycles. The smallest absolute Gasteiger partial charge is 0.267 e. The monoisotopic (exact) mass is 493 g/mol. The van der Waals surface area contributed by atoms with E-state index in [9.17, 15) is 13.2 Å². The maximum Gasteiger partial charge on any atom is 0.267 e. The van der Waals surface area contributed by atoms with E-state index in [0.717, 1.165) is 0 Å². The summed E-state index contributed by atoms with van der Waals surface area (Å²) < 4.78 is 35.2. The van der Waals surface area contributed by atoms with Gasteiger partial charge in [0.2, 0.25) is 21.9 Å². The Morgan fingerprint density at radius 1 is 1.06 bits per heavy atom. The molecule has 0 unspecified atom stereocenters. The van der Waals surface area contributed by atoms with E-state index >= 15 is 0 Å². The maximum absolute atomic E-state index is 13.3. The van der Waals surface area contributed by atoms with Crippen LogP contribution in [-0.2, 0) is 10.0 Å². The molecule has 4 rings (SSSR count). The number of rotatable bonds is 6. The van der Waals surface area contributed by atoms with Crippen molar-refractivity contribution in [3.63, 3.8) is 0 Å². The lowest BCUT2D eigenvalue weighted by atomic mass is 9.98. The van der Waals surface area contributed by atoms with Gasteiger partial charge in [0.15, 0.2) is 0 Å². The highest BCUT2D eigenvalue weighted by molar-refractivity contribution is 7.89. The summed E-state index contributed by atoms with van der Waals surface area (Å²) in [7, 11) is -2.53. The summed E-state index contributed by atoms with van der Waals surface area (Å²) in [5.41, 5.74) is 7.63. The van der Waals surface area contributed by atoms with Gasteiger partial charge in [0.1, 0.15) is 4.90 Å². The summed E-state index contributed by atoms with van der Waals surface area (Å²) in [6.07, 6.45) is 1.50. The zero-order chi connectivity index (χ0) is 25.4. The van der Waals surface area contributed by atoms with E-state index in [0.29, 0.717) is 27.7 Å². The SMILES string of the molecule is COc1ncc(-c2ccc3nc(N)n(-c4ccccc4)c(=O)c3c2)cc1S(=O)(=O)NCC(C)(C)C. The largest absolute Gasteiger partial charge is 0.480 e. The van der Waals surface area contributed by atoms with Crippen molar-refractivity contribution in [1.82, 2.24) is 19.3 Å². The number of aromatic nitrogens is 3. The Hall–Kier alpha value is -3.76. The number of sulfonamides is 1. The van der Waals surface area contributed by atoms with Crippen LogP contribution in [0.25, 0.3) is 27.7 Å². The third-order valence-electron chi connectivity index (χ3n) is 5.34. The Labute approximate surface area is 203 Å². The molecule has 0 aliphatic rings. The number of ether oxygens (including phenoxy) is 1. The Morgan fingerprint density at radius 3 is 2.43 bits per heavy atom. The standard InChI is InChI=1S/C25H27N5O4S/c1-25(2,3)15-28-35(32,33)21-13-17(14-27-22(21)34-4)16-10-11-20-19(12-16)23(31)30(24(26)29-20)18-8-6-5-7-9-18/h5-14,28H,15H2,1-4H3,(H2,26,29). The molecule has 2 aromatic carbocycles. The Bertz CT molecular complexity index is 1560. The minimum absolute atomic E-state index is 0.0168. The predicted octanol–water partition coefficient (Wildman–Crippen LogP) is 3.36. The van der Waals surface area contributed by atoms with Gasteiger partial charge in [0.25, 0.3) is 5.56 Å². The second-order valence-corrected chi connectivity index (χ2v) is 11.0. The summed E-state index contributed by atoms with van der Waals surface area (Å²) in [5, 5.41) is 0.339. The molecule has 0 atom stereocenters. The number of para-hydroxylation sites is 1. The van der Waals surface area contributed by atoms with Crippen LogP contribution in [0.15, 0.2) is 70.5 Å². The number of hydrogen-bond donors (Lipinski definition) is 2. The van der Waals surface area contributed by atoms with Crippen LogP contribution in [0.2, 0.25) is 0 Å². The molecule has 10 heteroatoms. The highest BCUT2D eigenvalue weighted by atomic mass is 32.2. The van der Waals surface area contributed by atoms with Gasteiger partial charge in [-0.3, -0.25) is 4.79 Å². The first-order chi connectivity index (χ1) is 16.5. The molecular weight excluding hydrogens is 466 g/mol. The van der Waals surface area contributed by atoms with E-state index in [4.69, 9.17) is 10.5 Å². The third kappa shape index (κ3) is 5.03. The fourth-order valence-electron chi connectivity index (χ4n) is 3.53. The average molecular weight is 494 g/mol. The lowest BCUT2D eigenvalue weighted by molar-refractivity contribution is 0.382. The van der Waals surface area contributed by atoms with Crippen molar-refractivity contribution in [2.24, 2.45) is 5.41 Å². The number of nitrogen functional groups attached to an aromatic ring is 1. The molecule has 9 nitrogen and oxygen atoms in total. The van der Waals surface area contributed by atoms with Crippen LogP contribution in [0.3, 0.4) is 0 Å². The lowest BCUT2D eigenvalue weighted by Crippen LogP contribution is -2.32. The fraction of sp³-hybridized carbons (Fsp3) is 0.240. The number of methoxy groups -OCH3 is 1. The molecule has 0 saturated carbocycles. The topological polar surface area (TPSA) is 129 Å². The molecule has 0 radical (unpaired) electrons. The Morgan fingerprint density at radius 2 is 1.77 bits per heavy atom. The molecule has 0 aliphatic carbocycles. The van der Waals surface area contributed by atoms with Crippen LogP contribution < -0.4 is 20.8 Å². The Kier molecular flexibility index (Phi) is 6.35. The molecule has 2 aromatic heterocycles. The molecule has 35 heavy (non-hydrogen) atoms. The highest BCUT2D eigenvalue weighted by Gasteiger charge is 2.24. The normalized spacial score (nSPS) is 12.1. The number of nitrogens with one attached hydrogen (secondary N) is 1. The second kappa shape index (κ2) is 9.12. The van der Waals surface area contributed by atoms with E-state index in [1.807, 2.05) is 26.8 Å². The molecule has 4 aromatic rings. The van der Waals surface area contributed by atoms with Gasteiger partial charge in [-0.2, -0.15) is 0 Å². The van der Waals surface area contributed by atoms with Crippen molar-refractivity contribution in [2.75, 3.05) is 19.4 Å². The van der Waals surface area contributed by atoms with E-state index in [-0.39, 0.29) is 34.2 Å². The van der Waals surface area contributed by atoms with Crippen molar-refractivity contribution in [3.05, 3.63) is 71.1 Å². The second-order valence-electron chi connectivity index (χ2n) is 9.29. The van der Waals surface area contributed by atoms with Crippen molar-refractivity contribution in [3.8, 4) is 22.7 Å². The van der Waals surface area contributed by atoms with Crippen LogP contribution in [0.5, 0.6) is 5.88 Å². The van der Waals surface area contributed by atoms with Crippen molar-refractivity contribution in [2.45, 2.75) is 25.7 Å². The minimum Gasteiger partial charge on any atom is -0.480 e. The van der Waals surface area contributed by atoms with Gasteiger partial charge < -0.3 is 10.5 Å². The fourth-order valence-corrected chi connectivity index (χ4v) is 4.96. The van der Waals surface area contributed by atoms with E-state index in [2.05, 4.69) is 14.7 Å². The van der Waals surface area contributed by atoms with E-state index in [1.165, 1.54) is 23.9 Å². The number of hydrogen-bond acceptors (Lipinski definition) is 7. The summed E-state index contributed by atoms with van der Waals surface area (Å²) in [5.74, 6) is 0.0580. The first-order valence-corrected chi connectivity index (χ1v) is 12.4. The molecule has 0 fully saturated rings. The number of nitrogens with zero attached hydrogens (tertiary/aromatic N) is 3. The van der Waals surface area contributed by atoms with Crippen LogP contribution in [-0.4, -0.2) is 36.6 Å². The molecule has 182 valence electrons. The predicted molar refractivity (Wildman–Crippen MR) is 136 cm³/mol. The molecule has 0 spiro atoms. The molecular formula is C25H27N5O4S. The molecule has 2 heterocycles. The number of pyridine rings is 1. The zero-order valence-electron chi connectivity index (χ0n) is 19.9. The number of anilines is 1. The number of nitrogens with two attached hydrogens (primary N) is 1. The number of benzene rings is 2. The first kappa shape index (κ1) is 24.4. The van der Waals surface area contributed by atoms with Crippen LogP contribution in [0.1, 0.15) is 20.8 Å². The van der Waals surface area contributed by atoms with Crippen LogP contribution >= 0.6 is 0 Å². The minimum atomic E-state index is -3.90. The first-order valence-electron chi connectivity index (χ1n) is 10.9. The van der Waals surface area contributed by atoms with E-state index in [1.54, 1.807) is 42.5 Å². The summed E-state index contributed by atoms with van der Waals surface area (Å²) in [4.78, 5) is 21.8. The van der Waals surface area contributed by atoms with Crippen molar-refractivity contribution >= 4 is 26.9 Å². The molecule has 3 N–H and O–H groups in total. The quantitative estimate of drug-likeness (QED) is 0.421. The van der Waals surface area contributed by atoms with Gasteiger partial charge in [0.05, 0.1) is 23.7 Å². The van der Waals surface area contributed by atoms with Gasteiger partial charge in [0, 0.05) is 18.3 Å². The van der Waals surface area contributed by atoms with Gasteiger partial charge >= 0.3 is 0 Å². The highest BCUT2D eigenvalue weighted by Crippen LogP contribution is 2.29.